The van der Waals surface area contributed by atoms with Crippen molar-refractivity contribution in [2.75, 3.05) is 40.4 Å². The molecule has 0 saturated carbocycles. The Kier molecular flexibility index (Phi) is 6.04. The van der Waals surface area contributed by atoms with Crippen LogP contribution in [0.1, 0.15) is 30.8 Å². The highest BCUT2D eigenvalue weighted by Gasteiger charge is 2.52. The molecule has 3 rings (SSSR count). The molecule has 0 radical (unpaired) electrons. The highest BCUT2D eigenvalue weighted by atomic mass is 16.6. The van der Waals surface area contributed by atoms with Crippen molar-refractivity contribution in [3.8, 4) is 0 Å². The van der Waals surface area contributed by atoms with Crippen molar-refractivity contribution in [1.82, 2.24) is 0 Å². The number of furan rings is 2. The van der Waals surface area contributed by atoms with E-state index in [1.807, 2.05) is 0 Å². The molecular formula is C20H28NO6+. The number of likely N-dealkylation sites (N-methyl/N-ethyl adjacent to an activating group) is 1. The third-order valence-corrected chi connectivity index (χ3v) is 4.92. The molecule has 1 atom stereocenters. The Labute approximate surface area is 159 Å². The number of ether oxygens (including phenoxy) is 2. The monoisotopic (exact) mass is 378 g/mol. The molecular weight excluding hydrogens is 350 g/mol. The van der Waals surface area contributed by atoms with Crippen LogP contribution in [0.5, 0.6) is 0 Å². The SMILES string of the molecule is C[N+]1(C)CCC(OC(=O)C(OCCCCO)(c2ccco2)c2ccco2)C1. The summed E-state index contributed by atoms with van der Waals surface area (Å²) in [6, 6.07) is 6.77. The summed E-state index contributed by atoms with van der Waals surface area (Å²) in [6.07, 6.45) is 4.78. The summed E-state index contributed by atoms with van der Waals surface area (Å²) >= 11 is 0. The number of rotatable bonds is 9. The predicted octanol–water partition coefficient (Wildman–Crippen LogP) is 2.30. The molecule has 0 spiro atoms. The van der Waals surface area contributed by atoms with Gasteiger partial charge in [0.05, 0.1) is 33.2 Å². The van der Waals surface area contributed by atoms with Crippen LogP contribution in [-0.4, -0.2) is 62.1 Å². The van der Waals surface area contributed by atoms with Gasteiger partial charge in [0.2, 0.25) is 0 Å². The van der Waals surface area contributed by atoms with E-state index in [0.717, 1.165) is 24.0 Å². The molecule has 0 aliphatic carbocycles. The summed E-state index contributed by atoms with van der Waals surface area (Å²) in [6.45, 7) is 2.02. The highest BCUT2D eigenvalue weighted by molar-refractivity contribution is 5.84. The van der Waals surface area contributed by atoms with Crippen molar-refractivity contribution in [3.63, 3.8) is 0 Å². The minimum absolute atomic E-state index is 0.0668. The van der Waals surface area contributed by atoms with Crippen LogP contribution in [0.2, 0.25) is 0 Å². The maximum absolute atomic E-state index is 13.4. The Bertz CT molecular complexity index is 673. The standard InChI is InChI=1S/C20H28NO6/c1-21(2)10-9-16(15-21)27-19(23)20(17-7-5-12-24-17,18-8-6-13-25-18)26-14-4-3-11-22/h5-8,12-13,16,22H,3-4,9-11,14-15H2,1-2H3/q+1. The van der Waals surface area contributed by atoms with Crippen molar-refractivity contribution in [2.24, 2.45) is 0 Å². The zero-order valence-electron chi connectivity index (χ0n) is 15.9. The molecule has 1 saturated heterocycles. The summed E-state index contributed by atoms with van der Waals surface area (Å²) in [4.78, 5) is 13.4. The first kappa shape index (κ1) is 19.7. The number of nitrogens with zero attached hydrogens (tertiary/aromatic N) is 1. The normalized spacial score (nSPS) is 19.3. The second kappa shape index (κ2) is 8.29. The molecule has 3 heterocycles. The Morgan fingerprint density at radius 3 is 2.37 bits per heavy atom. The van der Waals surface area contributed by atoms with Crippen molar-refractivity contribution >= 4 is 5.97 Å². The van der Waals surface area contributed by atoms with E-state index in [4.69, 9.17) is 23.4 Å². The van der Waals surface area contributed by atoms with Gasteiger partial charge in [0.25, 0.3) is 5.60 Å². The molecule has 1 fully saturated rings. The fraction of sp³-hybridized carbons (Fsp3) is 0.550. The molecule has 1 N–H and O–H groups in total. The van der Waals surface area contributed by atoms with Gasteiger partial charge in [-0.05, 0) is 37.1 Å². The van der Waals surface area contributed by atoms with Gasteiger partial charge in [-0.3, -0.25) is 0 Å². The lowest BCUT2D eigenvalue weighted by Gasteiger charge is -2.29. The quantitative estimate of drug-likeness (QED) is 0.410. The largest absolute Gasteiger partial charge is 0.465 e. The second-order valence-corrected chi connectivity index (χ2v) is 7.57. The fourth-order valence-electron chi connectivity index (χ4n) is 3.48. The predicted molar refractivity (Wildman–Crippen MR) is 96.8 cm³/mol. The summed E-state index contributed by atoms with van der Waals surface area (Å²) < 4.78 is 23.9. The van der Waals surface area contributed by atoms with Crippen molar-refractivity contribution in [1.29, 1.82) is 0 Å². The maximum Gasteiger partial charge on any atom is 0.355 e. The molecule has 2 aromatic rings. The number of likely N-dealkylation sites (tertiary alicyclic amines) is 1. The van der Waals surface area contributed by atoms with Crippen LogP contribution >= 0.6 is 0 Å². The van der Waals surface area contributed by atoms with E-state index in [0.29, 0.717) is 24.4 Å². The molecule has 1 aliphatic heterocycles. The number of quaternary nitrogens is 1. The minimum Gasteiger partial charge on any atom is -0.465 e. The highest BCUT2D eigenvalue weighted by Crippen LogP contribution is 2.37. The summed E-state index contributed by atoms with van der Waals surface area (Å²) in [5, 5.41) is 9.03. The molecule has 1 unspecified atom stereocenters. The van der Waals surface area contributed by atoms with Gasteiger partial charge < -0.3 is 27.9 Å². The van der Waals surface area contributed by atoms with Gasteiger partial charge >= 0.3 is 5.97 Å². The summed E-state index contributed by atoms with van der Waals surface area (Å²) in [5.41, 5.74) is -1.60. The van der Waals surface area contributed by atoms with E-state index >= 15 is 0 Å². The van der Waals surface area contributed by atoms with Crippen LogP contribution in [-0.2, 0) is 19.9 Å². The van der Waals surface area contributed by atoms with Crippen molar-refractivity contribution < 1.29 is 32.7 Å². The Balaban J connectivity index is 1.89. The van der Waals surface area contributed by atoms with Crippen molar-refractivity contribution in [2.45, 2.75) is 31.0 Å². The maximum atomic E-state index is 13.4. The number of aliphatic hydroxyl groups is 1. The Hall–Kier alpha value is -2.09. The number of carbonyl (C=O) groups is 1. The average Bonchev–Trinajstić information content (AvgIpc) is 3.37. The van der Waals surface area contributed by atoms with Gasteiger partial charge in [0.15, 0.2) is 17.6 Å². The van der Waals surface area contributed by atoms with Gasteiger partial charge in [0, 0.05) is 19.6 Å². The van der Waals surface area contributed by atoms with E-state index in [1.165, 1.54) is 12.5 Å². The molecule has 0 amide bonds. The van der Waals surface area contributed by atoms with Crippen LogP contribution < -0.4 is 0 Å². The first-order valence-corrected chi connectivity index (χ1v) is 9.34. The molecule has 27 heavy (non-hydrogen) atoms. The van der Waals surface area contributed by atoms with Gasteiger partial charge in [-0.1, -0.05) is 0 Å². The molecule has 0 aromatic carbocycles. The molecule has 7 heteroatoms. The summed E-state index contributed by atoms with van der Waals surface area (Å²) in [7, 11) is 4.23. The van der Waals surface area contributed by atoms with E-state index < -0.39 is 11.6 Å². The zero-order valence-corrected chi connectivity index (χ0v) is 15.9. The Morgan fingerprint density at radius 1 is 1.22 bits per heavy atom. The van der Waals surface area contributed by atoms with E-state index in [2.05, 4.69) is 14.1 Å². The Morgan fingerprint density at radius 2 is 1.89 bits per heavy atom. The third-order valence-electron chi connectivity index (χ3n) is 4.92. The lowest BCUT2D eigenvalue weighted by atomic mass is 9.96. The zero-order chi connectivity index (χ0) is 19.3. The van der Waals surface area contributed by atoms with Crippen molar-refractivity contribution in [3.05, 3.63) is 48.3 Å². The first-order valence-electron chi connectivity index (χ1n) is 9.34. The lowest BCUT2D eigenvalue weighted by molar-refractivity contribution is -0.879. The second-order valence-electron chi connectivity index (χ2n) is 7.57. The van der Waals surface area contributed by atoms with E-state index in [1.54, 1.807) is 24.3 Å². The lowest BCUT2D eigenvalue weighted by Crippen LogP contribution is -2.44. The van der Waals surface area contributed by atoms with Crippen LogP contribution in [0.4, 0.5) is 0 Å². The van der Waals surface area contributed by atoms with Gasteiger partial charge in [-0.25, -0.2) is 4.79 Å². The van der Waals surface area contributed by atoms with Crippen LogP contribution in [0.25, 0.3) is 0 Å². The van der Waals surface area contributed by atoms with Crippen LogP contribution in [0.15, 0.2) is 45.6 Å². The fourth-order valence-corrected chi connectivity index (χ4v) is 3.48. The molecule has 1 aliphatic rings. The van der Waals surface area contributed by atoms with Crippen LogP contribution in [0, 0.1) is 0 Å². The van der Waals surface area contributed by atoms with E-state index in [9.17, 15) is 4.79 Å². The molecule has 0 bridgehead atoms. The summed E-state index contributed by atoms with van der Waals surface area (Å²) in [5.74, 6) is 0.0969. The number of unbranched alkanes of at least 4 members (excludes halogenated alkanes) is 1. The number of hydrogen-bond acceptors (Lipinski definition) is 6. The van der Waals surface area contributed by atoms with Gasteiger partial charge in [0.1, 0.15) is 6.54 Å². The smallest absolute Gasteiger partial charge is 0.355 e. The number of aliphatic hydroxyl groups excluding tert-OH is 1. The molecule has 2 aromatic heterocycles. The third kappa shape index (κ3) is 4.26. The van der Waals surface area contributed by atoms with Gasteiger partial charge in [-0.2, -0.15) is 0 Å². The first-order chi connectivity index (χ1) is 13.0. The van der Waals surface area contributed by atoms with Gasteiger partial charge in [-0.15, -0.1) is 0 Å². The topological polar surface area (TPSA) is 82.0 Å². The molecule has 148 valence electrons. The van der Waals surface area contributed by atoms with Crippen LogP contribution in [0.3, 0.4) is 0 Å². The van der Waals surface area contributed by atoms with E-state index in [-0.39, 0.29) is 19.3 Å². The number of carbonyl (C=O) groups excluding carboxylic acids is 1. The number of esters is 1. The average molecular weight is 378 g/mol. The number of hydrogen-bond donors (Lipinski definition) is 1. The molecule has 7 nitrogen and oxygen atoms in total. The minimum atomic E-state index is -1.60.